The number of carbonyl (C=O) groups is 1. The first-order valence-corrected chi connectivity index (χ1v) is 9.00. The first-order chi connectivity index (χ1) is 10.7. The Balaban J connectivity index is 1.64. The van der Waals surface area contributed by atoms with Gasteiger partial charge in [-0.25, -0.2) is 0 Å². The molecule has 3 fully saturated rings. The molecule has 6 atom stereocenters. The zero-order valence-corrected chi connectivity index (χ0v) is 13.3. The highest BCUT2D eigenvalue weighted by molar-refractivity contribution is 5.91. The first-order valence-electron chi connectivity index (χ1n) is 9.00. The summed E-state index contributed by atoms with van der Waals surface area (Å²) in [6, 6.07) is 0. The molecule has 2 nitrogen and oxygen atoms in total. The van der Waals surface area contributed by atoms with E-state index in [0.717, 1.165) is 56.8 Å². The first kappa shape index (κ1) is 14.5. The highest BCUT2D eigenvalue weighted by Gasteiger charge is 2.57. The van der Waals surface area contributed by atoms with Crippen molar-refractivity contribution in [2.45, 2.75) is 63.9 Å². The number of carbonyl (C=O) groups excluding carboxylic acids is 1. The number of fused-ring (bicyclic) bond motifs is 5. The summed E-state index contributed by atoms with van der Waals surface area (Å²) in [4.78, 5) is 11.7. The van der Waals surface area contributed by atoms with E-state index in [1.807, 2.05) is 6.08 Å². The molecule has 0 amide bonds. The van der Waals surface area contributed by atoms with Crippen LogP contribution in [0.25, 0.3) is 0 Å². The van der Waals surface area contributed by atoms with Crippen molar-refractivity contribution in [2.75, 3.05) is 0 Å². The highest BCUT2D eigenvalue weighted by Crippen LogP contribution is 2.62. The van der Waals surface area contributed by atoms with Crippen LogP contribution in [0.3, 0.4) is 0 Å². The summed E-state index contributed by atoms with van der Waals surface area (Å²) in [5, 5.41) is 10.6. The SMILES string of the molecule is C#CC[C@]12CC[C@H]3[C@@H](CCC4=CC(=O)CC[C@@H]43)[C@@H]1CCC2O. The second kappa shape index (κ2) is 5.24. The molecule has 0 aromatic carbocycles. The summed E-state index contributed by atoms with van der Waals surface area (Å²) in [6.45, 7) is 0. The van der Waals surface area contributed by atoms with E-state index in [9.17, 15) is 9.90 Å². The van der Waals surface area contributed by atoms with Gasteiger partial charge >= 0.3 is 0 Å². The third kappa shape index (κ3) is 1.95. The maximum absolute atomic E-state index is 11.7. The lowest BCUT2D eigenvalue weighted by Crippen LogP contribution is -2.48. The lowest BCUT2D eigenvalue weighted by Gasteiger charge is -2.54. The molecule has 0 radical (unpaired) electrons. The predicted molar refractivity (Wildman–Crippen MR) is 85.9 cm³/mol. The molecule has 3 saturated carbocycles. The number of ketones is 1. The number of aliphatic hydroxyl groups is 1. The summed E-state index contributed by atoms with van der Waals surface area (Å²) in [5.41, 5.74) is 1.43. The molecule has 118 valence electrons. The Morgan fingerprint density at radius 2 is 2.05 bits per heavy atom. The van der Waals surface area contributed by atoms with Gasteiger partial charge in [0.1, 0.15) is 0 Å². The lowest BCUT2D eigenvalue weighted by molar-refractivity contribution is -0.116. The zero-order valence-electron chi connectivity index (χ0n) is 13.3. The third-order valence-electron chi connectivity index (χ3n) is 7.40. The van der Waals surface area contributed by atoms with Crippen LogP contribution in [-0.2, 0) is 4.79 Å². The smallest absolute Gasteiger partial charge is 0.155 e. The molecule has 0 aromatic rings. The molecule has 4 aliphatic carbocycles. The molecular weight excluding hydrogens is 272 g/mol. The van der Waals surface area contributed by atoms with E-state index in [1.165, 1.54) is 18.4 Å². The number of terminal acetylenes is 1. The Kier molecular flexibility index (Phi) is 3.46. The van der Waals surface area contributed by atoms with Crippen molar-refractivity contribution in [2.24, 2.45) is 29.1 Å². The van der Waals surface area contributed by atoms with Crippen LogP contribution in [0.15, 0.2) is 11.6 Å². The predicted octanol–water partition coefficient (Wildman–Crippen LogP) is 3.49. The summed E-state index contributed by atoms with van der Waals surface area (Å²) in [6.07, 6.45) is 16.6. The van der Waals surface area contributed by atoms with Crippen LogP contribution in [0.4, 0.5) is 0 Å². The van der Waals surface area contributed by atoms with Crippen molar-refractivity contribution in [3.63, 3.8) is 0 Å². The van der Waals surface area contributed by atoms with E-state index in [0.29, 0.717) is 17.6 Å². The van der Waals surface area contributed by atoms with Gasteiger partial charge in [-0.3, -0.25) is 4.79 Å². The molecule has 0 spiro atoms. The normalized spacial score (nSPS) is 47.0. The molecule has 0 bridgehead atoms. The van der Waals surface area contributed by atoms with E-state index in [2.05, 4.69) is 5.92 Å². The molecule has 1 N–H and O–H groups in total. The molecule has 1 unspecified atom stereocenters. The second-order valence-corrected chi connectivity index (χ2v) is 8.05. The van der Waals surface area contributed by atoms with Crippen molar-refractivity contribution in [3.8, 4) is 12.3 Å². The molecule has 0 heterocycles. The second-order valence-electron chi connectivity index (χ2n) is 8.05. The summed E-state index contributed by atoms with van der Waals surface area (Å²) in [5.74, 6) is 5.90. The van der Waals surface area contributed by atoms with Crippen molar-refractivity contribution in [3.05, 3.63) is 11.6 Å². The Morgan fingerprint density at radius 3 is 2.86 bits per heavy atom. The van der Waals surface area contributed by atoms with E-state index in [4.69, 9.17) is 6.42 Å². The molecule has 4 aliphatic rings. The van der Waals surface area contributed by atoms with Crippen LogP contribution in [-0.4, -0.2) is 17.0 Å². The zero-order chi connectivity index (χ0) is 15.3. The van der Waals surface area contributed by atoms with Crippen LogP contribution in [0.2, 0.25) is 0 Å². The summed E-state index contributed by atoms with van der Waals surface area (Å²) in [7, 11) is 0. The van der Waals surface area contributed by atoms with E-state index in [-0.39, 0.29) is 11.5 Å². The molecule has 0 aromatic heterocycles. The van der Waals surface area contributed by atoms with Gasteiger partial charge in [0, 0.05) is 18.3 Å². The third-order valence-corrected chi connectivity index (χ3v) is 7.40. The van der Waals surface area contributed by atoms with Gasteiger partial charge in [-0.15, -0.1) is 12.3 Å². The van der Waals surface area contributed by atoms with Crippen LogP contribution >= 0.6 is 0 Å². The van der Waals surface area contributed by atoms with Crippen LogP contribution < -0.4 is 0 Å². The Hall–Kier alpha value is -1.07. The Labute approximate surface area is 133 Å². The van der Waals surface area contributed by atoms with Gasteiger partial charge in [0.2, 0.25) is 0 Å². The topological polar surface area (TPSA) is 37.3 Å². The Morgan fingerprint density at radius 1 is 1.18 bits per heavy atom. The van der Waals surface area contributed by atoms with Crippen molar-refractivity contribution in [1.82, 2.24) is 0 Å². The average molecular weight is 298 g/mol. The fourth-order valence-electron chi connectivity index (χ4n) is 6.49. The molecule has 0 aliphatic heterocycles. The summed E-state index contributed by atoms with van der Waals surface area (Å²) >= 11 is 0. The minimum absolute atomic E-state index is 0.00161. The van der Waals surface area contributed by atoms with E-state index >= 15 is 0 Å². The van der Waals surface area contributed by atoms with Gasteiger partial charge in [-0.2, -0.15) is 0 Å². The van der Waals surface area contributed by atoms with Gasteiger partial charge in [0.25, 0.3) is 0 Å². The van der Waals surface area contributed by atoms with Crippen LogP contribution in [0, 0.1) is 41.4 Å². The van der Waals surface area contributed by atoms with E-state index in [1.54, 1.807) is 0 Å². The maximum Gasteiger partial charge on any atom is 0.155 e. The highest BCUT2D eigenvalue weighted by atomic mass is 16.3. The maximum atomic E-state index is 11.7. The summed E-state index contributed by atoms with van der Waals surface area (Å²) < 4.78 is 0. The molecule has 2 heteroatoms. The van der Waals surface area contributed by atoms with Gasteiger partial charge in [0.15, 0.2) is 5.78 Å². The van der Waals surface area contributed by atoms with Crippen molar-refractivity contribution in [1.29, 1.82) is 0 Å². The molecular formula is C20H26O2. The van der Waals surface area contributed by atoms with Crippen LogP contribution in [0.5, 0.6) is 0 Å². The largest absolute Gasteiger partial charge is 0.393 e. The van der Waals surface area contributed by atoms with Gasteiger partial charge in [-0.05, 0) is 74.7 Å². The van der Waals surface area contributed by atoms with Gasteiger partial charge in [-0.1, -0.05) is 5.57 Å². The lowest BCUT2D eigenvalue weighted by atomic mass is 9.51. The number of allylic oxidation sites excluding steroid dienone is 1. The number of rotatable bonds is 1. The number of aliphatic hydroxyl groups excluding tert-OH is 1. The standard InChI is InChI=1S/C20H26O2/c1-2-10-20-11-9-16-15-6-4-14(21)12-13(15)3-5-17(16)18(20)7-8-19(20)22/h1,12,15-19,22H,3-11H2/t15-,16+,17+,18-,19?,20-/m0/s1. The average Bonchev–Trinajstić information content (AvgIpc) is 2.84. The minimum Gasteiger partial charge on any atom is -0.393 e. The van der Waals surface area contributed by atoms with Gasteiger partial charge < -0.3 is 5.11 Å². The Bertz CT molecular complexity index is 555. The van der Waals surface area contributed by atoms with Crippen LogP contribution in [0.1, 0.15) is 57.8 Å². The number of hydrogen-bond donors (Lipinski definition) is 1. The van der Waals surface area contributed by atoms with E-state index < -0.39 is 0 Å². The number of hydrogen-bond acceptors (Lipinski definition) is 2. The molecule has 4 rings (SSSR count). The molecule has 0 saturated heterocycles. The monoisotopic (exact) mass is 298 g/mol. The fourth-order valence-corrected chi connectivity index (χ4v) is 6.49. The van der Waals surface area contributed by atoms with Gasteiger partial charge in [0.05, 0.1) is 6.10 Å². The quantitative estimate of drug-likeness (QED) is 0.752. The minimum atomic E-state index is -0.195. The van der Waals surface area contributed by atoms with Crippen molar-refractivity contribution < 1.29 is 9.90 Å². The fraction of sp³-hybridized carbons (Fsp3) is 0.750. The van der Waals surface area contributed by atoms with Crippen molar-refractivity contribution >= 4 is 5.78 Å². The molecule has 22 heavy (non-hydrogen) atoms.